The van der Waals surface area contributed by atoms with Crippen LogP contribution in [-0.2, 0) is 0 Å². The average molecular weight is 281 g/mol. The molecule has 1 fully saturated rings. The maximum Gasteiger partial charge on any atom is 0.191 e. The quantitative estimate of drug-likeness (QED) is 0.382. The van der Waals surface area contributed by atoms with E-state index in [1.54, 1.807) is 0 Å². The summed E-state index contributed by atoms with van der Waals surface area (Å²) in [6.07, 6.45) is 4.45. The molecule has 1 saturated heterocycles. The predicted molar refractivity (Wildman–Crippen MR) is 81.4 cm³/mol. The standard InChI is InChI=1S/C13H23N5S/c1-9(2)10-4-6-18(7-5-10)12-8-11(17-14)15-13(16-12)19-3/h8-10H,4-7,14H2,1-3H3,(H,15,16,17). The zero-order valence-corrected chi connectivity index (χ0v) is 12.7. The molecule has 19 heavy (non-hydrogen) atoms. The van der Waals surface area contributed by atoms with Crippen LogP contribution < -0.4 is 16.2 Å². The molecule has 1 aromatic rings. The second kappa shape index (κ2) is 6.43. The van der Waals surface area contributed by atoms with E-state index in [1.165, 1.54) is 24.6 Å². The van der Waals surface area contributed by atoms with Gasteiger partial charge in [0.1, 0.15) is 11.6 Å². The first-order chi connectivity index (χ1) is 9.13. The smallest absolute Gasteiger partial charge is 0.191 e. The number of nitrogens with one attached hydrogen (secondary N) is 1. The maximum atomic E-state index is 5.47. The summed E-state index contributed by atoms with van der Waals surface area (Å²) < 4.78 is 0. The van der Waals surface area contributed by atoms with Crippen molar-refractivity contribution in [3.8, 4) is 0 Å². The minimum atomic E-state index is 0.681. The molecule has 0 bridgehead atoms. The van der Waals surface area contributed by atoms with Crippen LogP contribution in [0.3, 0.4) is 0 Å². The van der Waals surface area contributed by atoms with Crippen LogP contribution in [-0.4, -0.2) is 29.3 Å². The molecule has 0 aromatic carbocycles. The first kappa shape index (κ1) is 14.4. The van der Waals surface area contributed by atoms with Gasteiger partial charge in [0.25, 0.3) is 0 Å². The molecule has 0 spiro atoms. The van der Waals surface area contributed by atoms with E-state index in [0.717, 1.165) is 35.9 Å². The van der Waals surface area contributed by atoms with Gasteiger partial charge in [-0.3, -0.25) is 0 Å². The fraction of sp³-hybridized carbons (Fsp3) is 0.692. The normalized spacial score (nSPS) is 17.0. The number of piperidine rings is 1. The fourth-order valence-electron chi connectivity index (χ4n) is 2.54. The fourth-order valence-corrected chi connectivity index (χ4v) is 2.91. The molecule has 2 heterocycles. The summed E-state index contributed by atoms with van der Waals surface area (Å²) in [5, 5.41) is 0.761. The number of nitrogens with zero attached hydrogens (tertiary/aromatic N) is 3. The number of hydrogen-bond acceptors (Lipinski definition) is 6. The highest BCUT2D eigenvalue weighted by Crippen LogP contribution is 2.28. The Bertz CT molecular complexity index is 393. The van der Waals surface area contributed by atoms with Gasteiger partial charge in [-0.25, -0.2) is 15.8 Å². The summed E-state index contributed by atoms with van der Waals surface area (Å²) in [5.74, 6) is 8.74. The monoisotopic (exact) mass is 281 g/mol. The van der Waals surface area contributed by atoms with Crippen LogP contribution in [0.25, 0.3) is 0 Å². The Morgan fingerprint density at radius 2 is 2.05 bits per heavy atom. The third-order valence-corrected chi connectivity index (χ3v) is 4.38. The third kappa shape index (κ3) is 3.51. The molecule has 0 atom stereocenters. The third-order valence-electron chi connectivity index (χ3n) is 3.83. The lowest BCUT2D eigenvalue weighted by Crippen LogP contribution is -2.36. The number of nitrogens with two attached hydrogens (primary N) is 1. The lowest BCUT2D eigenvalue weighted by Gasteiger charge is -2.34. The molecular formula is C13H23N5S. The Kier molecular flexibility index (Phi) is 4.87. The minimum absolute atomic E-state index is 0.681. The summed E-state index contributed by atoms with van der Waals surface area (Å²) in [6, 6.07) is 1.93. The highest BCUT2D eigenvalue weighted by molar-refractivity contribution is 7.98. The lowest BCUT2D eigenvalue weighted by atomic mass is 9.87. The van der Waals surface area contributed by atoms with Gasteiger partial charge in [-0.05, 0) is 30.9 Å². The van der Waals surface area contributed by atoms with Crippen molar-refractivity contribution < 1.29 is 0 Å². The van der Waals surface area contributed by atoms with E-state index in [1.807, 2.05) is 12.3 Å². The Labute approximate surface area is 119 Å². The molecular weight excluding hydrogens is 258 g/mol. The Balaban J connectivity index is 2.10. The van der Waals surface area contributed by atoms with Crippen molar-refractivity contribution in [1.29, 1.82) is 0 Å². The maximum absolute atomic E-state index is 5.47. The molecule has 0 saturated carbocycles. The van der Waals surface area contributed by atoms with Gasteiger partial charge >= 0.3 is 0 Å². The molecule has 106 valence electrons. The van der Waals surface area contributed by atoms with Crippen molar-refractivity contribution in [3.63, 3.8) is 0 Å². The highest BCUT2D eigenvalue weighted by atomic mass is 32.2. The van der Waals surface area contributed by atoms with Gasteiger partial charge in [0.05, 0.1) is 0 Å². The van der Waals surface area contributed by atoms with E-state index >= 15 is 0 Å². The number of hydrogen-bond donors (Lipinski definition) is 2. The number of hydrazine groups is 1. The zero-order chi connectivity index (χ0) is 13.8. The Morgan fingerprint density at radius 1 is 1.37 bits per heavy atom. The summed E-state index contributed by atoms with van der Waals surface area (Å²) in [6.45, 7) is 6.76. The SMILES string of the molecule is CSc1nc(NN)cc(N2CCC(C(C)C)CC2)n1. The molecule has 1 aromatic heterocycles. The Hall–Kier alpha value is -1.01. The van der Waals surface area contributed by atoms with Crippen LogP contribution in [0.1, 0.15) is 26.7 Å². The molecule has 0 radical (unpaired) electrons. The van der Waals surface area contributed by atoms with Gasteiger partial charge in [0.15, 0.2) is 5.16 Å². The number of nitrogen functional groups attached to an aromatic ring is 1. The van der Waals surface area contributed by atoms with Crippen molar-refractivity contribution in [2.75, 3.05) is 29.7 Å². The number of aromatic nitrogens is 2. The number of thioether (sulfide) groups is 1. The molecule has 5 nitrogen and oxygen atoms in total. The minimum Gasteiger partial charge on any atom is -0.356 e. The van der Waals surface area contributed by atoms with Crippen LogP contribution in [0.4, 0.5) is 11.6 Å². The molecule has 3 N–H and O–H groups in total. The van der Waals surface area contributed by atoms with Crippen molar-refractivity contribution in [2.45, 2.75) is 31.8 Å². The van der Waals surface area contributed by atoms with E-state index in [2.05, 4.69) is 34.1 Å². The lowest BCUT2D eigenvalue weighted by molar-refractivity contribution is 0.310. The van der Waals surface area contributed by atoms with E-state index in [9.17, 15) is 0 Å². The molecule has 1 aliphatic heterocycles. The first-order valence-corrected chi connectivity index (χ1v) is 8.01. The largest absolute Gasteiger partial charge is 0.356 e. The van der Waals surface area contributed by atoms with E-state index in [-0.39, 0.29) is 0 Å². The molecule has 0 unspecified atom stereocenters. The molecule has 2 rings (SSSR count). The van der Waals surface area contributed by atoms with Crippen molar-refractivity contribution in [1.82, 2.24) is 9.97 Å². The number of rotatable bonds is 4. The van der Waals surface area contributed by atoms with Gasteiger partial charge in [-0.15, -0.1) is 0 Å². The summed E-state index contributed by atoms with van der Waals surface area (Å²) in [4.78, 5) is 11.2. The topological polar surface area (TPSA) is 67.1 Å². The molecule has 0 aliphatic carbocycles. The van der Waals surface area contributed by atoms with Crippen LogP contribution in [0, 0.1) is 11.8 Å². The van der Waals surface area contributed by atoms with Crippen molar-refractivity contribution >= 4 is 23.4 Å². The van der Waals surface area contributed by atoms with Crippen molar-refractivity contribution in [3.05, 3.63) is 6.07 Å². The summed E-state index contributed by atoms with van der Waals surface area (Å²) in [7, 11) is 0. The second-order valence-corrected chi connectivity index (χ2v) is 6.08. The number of anilines is 2. The van der Waals surface area contributed by atoms with Gasteiger partial charge in [-0.2, -0.15) is 0 Å². The van der Waals surface area contributed by atoms with Crippen LogP contribution >= 0.6 is 11.8 Å². The highest BCUT2D eigenvalue weighted by Gasteiger charge is 2.22. The zero-order valence-electron chi connectivity index (χ0n) is 11.9. The summed E-state index contributed by atoms with van der Waals surface area (Å²) >= 11 is 1.54. The van der Waals surface area contributed by atoms with Crippen LogP contribution in [0.5, 0.6) is 0 Å². The van der Waals surface area contributed by atoms with Crippen LogP contribution in [0.2, 0.25) is 0 Å². The average Bonchev–Trinajstić information content (AvgIpc) is 2.46. The van der Waals surface area contributed by atoms with Gasteiger partial charge < -0.3 is 10.3 Å². The molecule has 6 heteroatoms. The summed E-state index contributed by atoms with van der Waals surface area (Å²) in [5.41, 5.74) is 2.62. The van der Waals surface area contributed by atoms with E-state index in [0.29, 0.717) is 5.82 Å². The van der Waals surface area contributed by atoms with Gasteiger partial charge in [0, 0.05) is 19.2 Å². The predicted octanol–water partition coefficient (Wildman–Crippen LogP) is 2.36. The first-order valence-electron chi connectivity index (χ1n) is 6.78. The van der Waals surface area contributed by atoms with Crippen molar-refractivity contribution in [2.24, 2.45) is 17.7 Å². The molecule has 0 amide bonds. The van der Waals surface area contributed by atoms with Crippen LogP contribution in [0.15, 0.2) is 11.2 Å². The Morgan fingerprint density at radius 3 is 2.58 bits per heavy atom. The van der Waals surface area contributed by atoms with E-state index in [4.69, 9.17) is 5.84 Å². The van der Waals surface area contributed by atoms with E-state index < -0.39 is 0 Å². The molecule has 1 aliphatic rings. The second-order valence-electron chi connectivity index (χ2n) is 5.31. The van der Waals surface area contributed by atoms with Gasteiger partial charge in [0.2, 0.25) is 0 Å². The van der Waals surface area contributed by atoms with Gasteiger partial charge in [-0.1, -0.05) is 25.6 Å².